The summed E-state index contributed by atoms with van der Waals surface area (Å²) in [5.41, 5.74) is 2.52. The monoisotopic (exact) mass is 264 g/mol. The Balaban J connectivity index is 2.05. The van der Waals surface area contributed by atoms with Gasteiger partial charge in [-0.05, 0) is 20.3 Å². The fraction of sp³-hybridized carbons (Fsp3) is 0.714. The maximum absolute atomic E-state index is 11.4. The van der Waals surface area contributed by atoms with Crippen molar-refractivity contribution < 1.29 is 4.79 Å². The summed E-state index contributed by atoms with van der Waals surface area (Å²) in [5, 5.41) is 7.39. The van der Waals surface area contributed by atoms with Gasteiger partial charge in [0.25, 0.3) is 0 Å². The van der Waals surface area contributed by atoms with E-state index in [0.29, 0.717) is 12.5 Å². The summed E-state index contributed by atoms with van der Waals surface area (Å²) in [6.07, 6.45) is 3.66. The quantitative estimate of drug-likeness (QED) is 0.892. The Hall–Kier alpha value is -1.36. The molecule has 19 heavy (non-hydrogen) atoms. The second kappa shape index (κ2) is 6.19. The zero-order valence-corrected chi connectivity index (χ0v) is 12.1. The number of hydrogen-bond acceptors (Lipinski definition) is 3. The lowest BCUT2D eigenvalue weighted by atomic mass is 10.2. The van der Waals surface area contributed by atoms with E-state index in [-0.39, 0.29) is 5.91 Å². The Kier molecular flexibility index (Phi) is 4.58. The molecule has 0 spiro atoms. The molecule has 1 aromatic heterocycles. The largest absolute Gasteiger partial charge is 0.355 e. The summed E-state index contributed by atoms with van der Waals surface area (Å²) in [4.78, 5) is 13.8. The van der Waals surface area contributed by atoms with Crippen LogP contribution in [0.5, 0.6) is 0 Å². The maximum Gasteiger partial charge on any atom is 0.221 e. The van der Waals surface area contributed by atoms with Gasteiger partial charge in [-0.3, -0.25) is 14.4 Å². The Morgan fingerprint density at radius 1 is 1.53 bits per heavy atom. The minimum absolute atomic E-state index is 0.160. The van der Waals surface area contributed by atoms with Crippen molar-refractivity contribution >= 4 is 5.91 Å². The Morgan fingerprint density at radius 2 is 2.32 bits per heavy atom. The zero-order chi connectivity index (χ0) is 13.8. The first-order chi connectivity index (χ1) is 9.11. The second-order valence-electron chi connectivity index (χ2n) is 5.35. The molecular weight excluding hydrogens is 240 g/mol. The van der Waals surface area contributed by atoms with E-state index in [0.717, 1.165) is 32.6 Å². The van der Waals surface area contributed by atoms with E-state index >= 15 is 0 Å². The molecule has 0 bridgehead atoms. The van der Waals surface area contributed by atoms with Gasteiger partial charge in [0.05, 0.1) is 6.20 Å². The lowest BCUT2D eigenvalue weighted by Crippen LogP contribution is -2.37. The van der Waals surface area contributed by atoms with Crippen molar-refractivity contribution in [2.45, 2.75) is 52.7 Å². The highest BCUT2D eigenvalue weighted by Gasteiger charge is 2.21. The van der Waals surface area contributed by atoms with Gasteiger partial charge in [-0.25, -0.2) is 0 Å². The van der Waals surface area contributed by atoms with Crippen LogP contribution in [0.2, 0.25) is 0 Å². The normalized spacial score (nSPS) is 21.2. The molecule has 0 radical (unpaired) electrons. The molecule has 1 N–H and O–H groups in total. The third kappa shape index (κ3) is 3.35. The lowest BCUT2D eigenvalue weighted by Gasteiger charge is -2.25. The van der Waals surface area contributed by atoms with Crippen LogP contribution in [-0.4, -0.2) is 39.7 Å². The molecule has 0 aliphatic carbocycles. The number of rotatable bonds is 4. The lowest BCUT2D eigenvalue weighted by molar-refractivity contribution is -0.120. The van der Waals surface area contributed by atoms with Crippen LogP contribution in [0.3, 0.4) is 0 Å². The Morgan fingerprint density at radius 3 is 3.05 bits per heavy atom. The molecule has 2 rings (SSSR count). The van der Waals surface area contributed by atoms with Crippen molar-refractivity contribution in [1.29, 1.82) is 0 Å². The van der Waals surface area contributed by atoms with Gasteiger partial charge in [0.2, 0.25) is 5.91 Å². The number of nitrogens with zero attached hydrogens (tertiary/aromatic N) is 3. The zero-order valence-electron chi connectivity index (χ0n) is 12.1. The minimum atomic E-state index is 0.160. The molecule has 1 aliphatic rings. The van der Waals surface area contributed by atoms with Crippen molar-refractivity contribution in [1.82, 2.24) is 20.0 Å². The molecule has 5 nitrogen and oxygen atoms in total. The second-order valence-corrected chi connectivity index (χ2v) is 5.35. The van der Waals surface area contributed by atoms with Gasteiger partial charge in [-0.2, -0.15) is 5.10 Å². The molecule has 1 aromatic rings. The number of carbonyl (C=O) groups is 1. The fourth-order valence-electron chi connectivity index (χ4n) is 2.48. The van der Waals surface area contributed by atoms with Gasteiger partial charge >= 0.3 is 0 Å². The molecule has 1 aliphatic heterocycles. The van der Waals surface area contributed by atoms with Crippen LogP contribution in [0.25, 0.3) is 0 Å². The summed E-state index contributed by atoms with van der Waals surface area (Å²) in [7, 11) is 0. The Bertz CT molecular complexity index is 441. The summed E-state index contributed by atoms with van der Waals surface area (Å²) < 4.78 is 2.07. The molecule has 2 heterocycles. The van der Waals surface area contributed by atoms with Crippen molar-refractivity contribution in [2.24, 2.45) is 0 Å². The van der Waals surface area contributed by atoms with Crippen LogP contribution < -0.4 is 5.32 Å². The predicted octanol–water partition coefficient (Wildman–Crippen LogP) is 1.31. The van der Waals surface area contributed by atoms with Crippen molar-refractivity contribution in [3.05, 3.63) is 17.5 Å². The van der Waals surface area contributed by atoms with Crippen molar-refractivity contribution in [3.8, 4) is 0 Å². The molecule has 1 unspecified atom stereocenters. The summed E-state index contributed by atoms with van der Waals surface area (Å²) in [6.45, 7) is 9.87. The number of aryl methyl sites for hydroxylation is 1. The molecule has 1 atom stereocenters. The van der Waals surface area contributed by atoms with Gasteiger partial charge in [-0.1, -0.05) is 6.92 Å². The third-order valence-electron chi connectivity index (χ3n) is 3.86. The van der Waals surface area contributed by atoms with Crippen molar-refractivity contribution in [2.75, 3.05) is 13.1 Å². The van der Waals surface area contributed by atoms with E-state index in [1.54, 1.807) is 0 Å². The van der Waals surface area contributed by atoms with Gasteiger partial charge in [0, 0.05) is 49.9 Å². The highest BCUT2D eigenvalue weighted by molar-refractivity contribution is 5.76. The first-order valence-corrected chi connectivity index (χ1v) is 7.13. The van der Waals surface area contributed by atoms with E-state index in [4.69, 9.17) is 0 Å². The molecular formula is C14H24N4O. The topological polar surface area (TPSA) is 50.2 Å². The molecule has 106 valence electrons. The summed E-state index contributed by atoms with van der Waals surface area (Å²) in [6, 6.07) is 0.375. The first kappa shape index (κ1) is 14.1. The average molecular weight is 264 g/mol. The minimum Gasteiger partial charge on any atom is -0.355 e. The van der Waals surface area contributed by atoms with Crippen LogP contribution in [0.1, 0.15) is 37.9 Å². The van der Waals surface area contributed by atoms with Gasteiger partial charge in [0.15, 0.2) is 0 Å². The number of carbonyl (C=O) groups excluding carboxylic acids is 1. The molecule has 0 saturated carbocycles. The summed E-state index contributed by atoms with van der Waals surface area (Å²) >= 11 is 0. The van der Waals surface area contributed by atoms with Gasteiger partial charge < -0.3 is 5.32 Å². The van der Waals surface area contributed by atoms with E-state index in [2.05, 4.69) is 40.8 Å². The number of aromatic nitrogens is 2. The predicted molar refractivity (Wildman–Crippen MR) is 74.8 cm³/mol. The standard InChI is InChI=1S/C14H24N4O/c1-4-6-18-12(3)13(9-16-18)10-17-7-5-14(19)15-8-11(17)2/h9,11H,4-8,10H2,1-3H3,(H,15,19). The van der Waals surface area contributed by atoms with Gasteiger partial charge in [0.1, 0.15) is 0 Å². The van der Waals surface area contributed by atoms with Crippen LogP contribution >= 0.6 is 0 Å². The van der Waals surface area contributed by atoms with E-state index < -0.39 is 0 Å². The van der Waals surface area contributed by atoms with E-state index in [9.17, 15) is 4.79 Å². The van der Waals surface area contributed by atoms with Crippen LogP contribution in [-0.2, 0) is 17.9 Å². The molecule has 1 fully saturated rings. The van der Waals surface area contributed by atoms with Crippen LogP contribution in [0.15, 0.2) is 6.20 Å². The van der Waals surface area contributed by atoms with Crippen LogP contribution in [0, 0.1) is 6.92 Å². The maximum atomic E-state index is 11.4. The van der Waals surface area contributed by atoms with E-state index in [1.807, 2.05) is 6.20 Å². The third-order valence-corrected chi connectivity index (χ3v) is 3.86. The fourth-order valence-corrected chi connectivity index (χ4v) is 2.48. The molecule has 0 aromatic carbocycles. The Labute approximate surface area is 115 Å². The first-order valence-electron chi connectivity index (χ1n) is 7.13. The SMILES string of the molecule is CCCn1ncc(CN2CCC(=O)NCC2C)c1C. The van der Waals surface area contributed by atoms with Crippen molar-refractivity contribution in [3.63, 3.8) is 0 Å². The number of amides is 1. The average Bonchev–Trinajstić information content (AvgIpc) is 2.64. The van der Waals surface area contributed by atoms with Crippen LogP contribution in [0.4, 0.5) is 0 Å². The van der Waals surface area contributed by atoms with E-state index in [1.165, 1.54) is 11.3 Å². The molecule has 1 amide bonds. The smallest absolute Gasteiger partial charge is 0.221 e. The summed E-state index contributed by atoms with van der Waals surface area (Å²) in [5.74, 6) is 0.160. The number of hydrogen-bond donors (Lipinski definition) is 1. The molecule has 1 saturated heterocycles. The van der Waals surface area contributed by atoms with Gasteiger partial charge in [-0.15, -0.1) is 0 Å². The number of nitrogens with one attached hydrogen (secondary N) is 1. The highest BCUT2D eigenvalue weighted by Crippen LogP contribution is 2.14. The highest BCUT2D eigenvalue weighted by atomic mass is 16.1. The molecule has 5 heteroatoms.